The first-order valence-corrected chi connectivity index (χ1v) is 6.97. The number of benzene rings is 2. The smallest absolute Gasteiger partial charge is 0.259 e. The molecule has 0 saturated heterocycles. The van der Waals surface area contributed by atoms with Gasteiger partial charge in [-0.2, -0.15) is 5.10 Å². The molecule has 114 valence electrons. The summed E-state index contributed by atoms with van der Waals surface area (Å²) in [6, 6.07) is 12.8. The zero-order valence-electron chi connectivity index (χ0n) is 12.6. The maximum atomic E-state index is 11.7. The molecule has 0 bridgehead atoms. The molecule has 5 nitrogen and oxygen atoms in total. The third-order valence-electron chi connectivity index (χ3n) is 3.15. The van der Waals surface area contributed by atoms with Crippen molar-refractivity contribution in [2.45, 2.75) is 13.8 Å². The molecule has 22 heavy (non-hydrogen) atoms. The fourth-order valence-electron chi connectivity index (χ4n) is 2.00. The summed E-state index contributed by atoms with van der Waals surface area (Å²) in [7, 11) is 0. The molecule has 2 aromatic carbocycles. The predicted molar refractivity (Wildman–Crippen MR) is 88.2 cm³/mol. The van der Waals surface area contributed by atoms with Gasteiger partial charge in [0.2, 0.25) is 0 Å². The summed E-state index contributed by atoms with van der Waals surface area (Å²) in [5.41, 5.74) is 6.15. The molecule has 3 N–H and O–H groups in total. The Bertz CT molecular complexity index is 696. The number of amides is 1. The number of phenols is 1. The average molecular weight is 297 g/mol. The van der Waals surface area contributed by atoms with E-state index in [2.05, 4.69) is 21.9 Å². The van der Waals surface area contributed by atoms with Crippen LogP contribution < -0.4 is 10.7 Å². The molecular formula is C17H19N3O2. The highest BCUT2D eigenvalue weighted by molar-refractivity contribution is 5.86. The topological polar surface area (TPSA) is 73.7 Å². The normalized spacial score (nSPS) is 10.6. The average Bonchev–Trinajstić information content (AvgIpc) is 2.48. The van der Waals surface area contributed by atoms with Gasteiger partial charge in [-0.25, -0.2) is 5.43 Å². The van der Waals surface area contributed by atoms with Gasteiger partial charge in [0.1, 0.15) is 5.75 Å². The largest absolute Gasteiger partial charge is 0.507 e. The van der Waals surface area contributed by atoms with Gasteiger partial charge in [-0.1, -0.05) is 29.8 Å². The van der Waals surface area contributed by atoms with Crippen LogP contribution in [-0.2, 0) is 4.79 Å². The second kappa shape index (κ2) is 7.26. The number of para-hydroxylation sites is 1. The molecule has 0 aliphatic rings. The number of aryl methyl sites for hydroxylation is 2. The van der Waals surface area contributed by atoms with Gasteiger partial charge in [-0.15, -0.1) is 0 Å². The van der Waals surface area contributed by atoms with Gasteiger partial charge >= 0.3 is 0 Å². The summed E-state index contributed by atoms with van der Waals surface area (Å²) in [6.45, 7) is 4.14. The Kier molecular flexibility index (Phi) is 5.14. The number of phenolic OH excluding ortho intramolecular Hbond substituents is 1. The number of nitrogens with one attached hydrogen (secondary N) is 2. The minimum absolute atomic E-state index is 0.119. The van der Waals surface area contributed by atoms with Crippen molar-refractivity contribution in [3.63, 3.8) is 0 Å². The van der Waals surface area contributed by atoms with Crippen LogP contribution in [-0.4, -0.2) is 23.8 Å². The highest BCUT2D eigenvalue weighted by Gasteiger charge is 2.02. The van der Waals surface area contributed by atoms with Crippen molar-refractivity contribution in [2.75, 3.05) is 11.9 Å². The molecule has 5 heteroatoms. The lowest BCUT2D eigenvalue weighted by molar-refractivity contribution is -0.119. The molecule has 0 heterocycles. The van der Waals surface area contributed by atoms with E-state index in [1.54, 1.807) is 24.3 Å². The molecule has 0 aliphatic heterocycles. The van der Waals surface area contributed by atoms with Gasteiger partial charge in [-0.05, 0) is 37.6 Å². The second-order valence-corrected chi connectivity index (χ2v) is 5.02. The van der Waals surface area contributed by atoms with E-state index < -0.39 is 0 Å². The monoisotopic (exact) mass is 297 g/mol. The first-order chi connectivity index (χ1) is 10.6. The zero-order valence-corrected chi connectivity index (χ0v) is 12.6. The minimum atomic E-state index is -0.258. The highest BCUT2D eigenvalue weighted by Crippen LogP contribution is 2.15. The Labute approximate surface area is 129 Å². The number of hydrazone groups is 1. The molecule has 0 unspecified atom stereocenters. The van der Waals surface area contributed by atoms with Gasteiger partial charge < -0.3 is 10.4 Å². The zero-order chi connectivity index (χ0) is 15.9. The van der Waals surface area contributed by atoms with Crippen molar-refractivity contribution in [3.8, 4) is 5.75 Å². The van der Waals surface area contributed by atoms with Crippen molar-refractivity contribution in [1.82, 2.24) is 5.43 Å². The van der Waals surface area contributed by atoms with E-state index in [0.29, 0.717) is 5.56 Å². The lowest BCUT2D eigenvalue weighted by Gasteiger charge is -2.09. The Morgan fingerprint density at radius 3 is 2.73 bits per heavy atom. The van der Waals surface area contributed by atoms with Gasteiger partial charge in [0, 0.05) is 11.3 Å². The summed E-state index contributed by atoms with van der Waals surface area (Å²) in [5, 5.41) is 16.5. The first kappa shape index (κ1) is 15.6. The molecule has 0 radical (unpaired) electrons. The van der Waals surface area contributed by atoms with E-state index in [-0.39, 0.29) is 18.2 Å². The fourth-order valence-corrected chi connectivity index (χ4v) is 2.00. The minimum Gasteiger partial charge on any atom is -0.507 e. The molecule has 1 amide bonds. The molecule has 2 rings (SSSR count). The van der Waals surface area contributed by atoms with Gasteiger partial charge in [-0.3, -0.25) is 4.79 Å². The van der Waals surface area contributed by atoms with Crippen LogP contribution in [0.2, 0.25) is 0 Å². The van der Waals surface area contributed by atoms with E-state index in [4.69, 9.17) is 0 Å². The van der Waals surface area contributed by atoms with Crippen molar-refractivity contribution in [1.29, 1.82) is 0 Å². The highest BCUT2D eigenvalue weighted by atomic mass is 16.3. The van der Waals surface area contributed by atoms with Crippen LogP contribution >= 0.6 is 0 Å². The molecular weight excluding hydrogens is 278 g/mol. The van der Waals surface area contributed by atoms with Crippen LogP contribution in [0.5, 0.6) is 5.75 Å². The predicted octanol–water partition coefficient (Wildman–Crippen LogP) is 2.57. The molecule has 0 spiro atoms. The van der Waals surface area contributed by atoms with Crippen molar-refractivity contribution >= 4 is 17.8 Å². The Balaban J connectivity index is 1.84. The Hall–Kier alpha value is -2.82. The SMILES string of the molecule is Cc1ccc(NCC(=O)N/N=C\c2ccccc2O)c(C)c1. The number of carbonyl (C=O) groups excluding carboxylic acids is 1. The van der Waals surface area contributed by atoms with Crippen LogP contribution in [0.3, 0.4) is 0 Å². The van der Waals surface area contributed by atoms with Gasteiger partial charge in [0.15, 0.2) is 0 Å². The molecule has 0 atom stereocenters. The maximum absolute atomic E-state index is 11.7. The van der Waals surface area contributed by atoms with E-state index in [1.807, 2.05) is 26.0 Å². The summed E-state index contributed by atoms with van der Waals surface area (Å²) in [4.78, 5) is 11.7. The maximum Gasteiger partial charge on any atom is 0.259 e. The molecule has 0 aromatic heterocycles. The van der Waals surface area contributed by atoms with Gasteiger partial charge in [0.25, 0.3) is 5.91 Å². The summed E-state index contributed by atoms with van der Waals surface area (Å²) < 4.78 is 0. The van der Waals surface area contributed by atoms with Crippen molar-refractivity contribution < 1.29 is 9.90 Å². The Morgan fingerprint density at radius 1 is 1.23 bits per heavy atom. The number of anilines is 1. The number of hydrogen-bond donors (Lipinski definition) is 3. The van der Waals surface area contributed by atoms with Crippen LogP contribution in [0.4, 0.5) is 5.69 Å². The quantitative estimate of drug-likeness (QED) is 0.586. The summed E-state index contributed by atoms with van der Waals surface area (Å²) >= 11 is 0. The van der Waals surface area contributed by atoms with Crippen LogP contribution in [0.15, 0.2) is 47.6 Å². The van der Waals surface area contributed by atoms with Crippen LogP contribution in [0, 0.1) is 13.8 Å². The lowest BCUT2D eigenvalue weighted by atomic mass is 10.1. The second-order valence-electron chi connectivity index (χ2n) is 5.02. The number of aromatic hydroxyl groups is 1. The van der Waals surface area contributed by atoms with E-state index >= 15 is 0 Å². The first-order valence-electron chi connectivity index (χ1n) is 6.97. The molecule has 0 fully saturated rings. The molecule has 0 saturated carbocycles. The summed E-state index contributed by atoms with van der Waals surface area (Å²) in [6.07, 6.45) is 1.41. The number of rotatable bonds is 5. The third-order valence-corrected chi connectivity index (χ3v) is 3.15. The summed E-state index contributed by atoms with van der Waals surface area (Å²) in [5.74, 6) is -0.138. The third kappa shape index (κ3) is 4.34. The fraction of sp³-hybridized carbons (Fsp3) is 0.176. The molecule has 0 aliphatic carbocycles. The van der Waals surface area contributed by atoms with Crippen molar-refractivity contribution in [3.05, 3.63) is 59.2 Å². The molecule has 2 aromatic rings. The number of nitrogens with zero attached hydrogens (tertiary/aromatic N) is 1. The van der Waals surface area contributed by atoms with Crippen LogP contribution in [0.1, 0.15) is 16.7 Å². The van der Waals surface area contributed by atoms with Gasteiger partial charge in [0.05, 0.1) is 12.8 Å². The van der Waals surface area contributed by atoms with E-state index in [9.17, 15) is 9.90 Å². The lowest BCUT2D eigenvalue weighted by Crippen LogP contribution is -2.26. The van der Waals surface area contributed by atoms with E-state index in [1.165, 1.54) is 11.8 Å². The van der Waals surface area contributed by atoms with Crippen LogP contribution in [0.25, 0.3) is 0 Å². The van der Waals surface area contributed by atoms with Crippen molar-refractivity contribution in [2.24, 2.45) is 5.10 Å². The standard InChI is InChI=1S/C17H19N3O2/c1-12-7-8-15(13(2)9-12)18-11-17(22)20-19-10-14-5-3-4-6-16(14)21/h3-10,18,21H,11H2,1-2H3,(H,20,22)/b19-10-. The van der Waals surface area contributed by atoms with E-state index in [0.717, 1.165) is 11.3 Å². The number of hydrogen-bond acceptors (Lipinski definition) is 4. The Morgan fingerprint density at radius 2 is 2.00 bits per heavy atom. The number of carbonyl (C=O) groups is 1.